The van der Waals surface area contributed by atoms with Crippen LogP contribution in [0.5, 0.6) is 0 Å². The van der Waals surface area contributed by atoms with Crippen LogP contribution in [0.3, 0.4) is 0 Å². The molecule has 2 N–H and O–H groups in total. The maximum Gasteiger partial charge on any atom is 0.335 e. The predicted molar refractivity (Wildman–Crippen MR) is 72.9 cm³/mol. The summed E-state index contributed by atoms with van der Waals surface area (Å²) in [6.45, 7) is 6.45. The molecule has 0 saturated carbocycles. The van der Waals surface area contributed by atoms with Crippen molar-refractivity contribution in [2.75, 3.05) is 19.4 Å². The van der Waals surface area contributed by atoms with Crippen LogP contribution in [0.25, 0.3) is 0 Å². The van der Waals surface area contributed by atoms with Crippen LogP contribution >= 0.6 is 7.60 Å². The van der Waals surface area contributed by atoms with Crippen LogP contribution in [-0.4, -0.2) is 41.5 Å². The van der Waals surface area contributed by atoms with E-state index in [0.717, 1.165) is 0 Å². The Hall–Kier alpha value is -1.17. The van der Waals surface area contributed by atoms with Gasteiger partial charge in [0.2, 0.25) is 0 Å². The summed E-state index contributed by atoms with van der Waals surface area (Å²) in [4.78, 5) is 22.5. The zero-order chi connectivity index (χ0) is 15.9. The highest BCUT2D eigenvalue weighted by molar-refractivity contribution is 7.54. The van der Waals surface area contributed by atoms with E-state index in [0.29, 0.717) is 0 Å². The van der Waals surface area contributed by atoms with E-state index >= 15 is 0 Å². The summed E-state index contributed by atoms with van der Waals surface area (Å²) in [7, 11) is -3.66. The van der Waals surface area contributed by atoms with E-state index in [1.54, 1.807) is 27.7 Å². The molecule has 116 valence electrons. The molecular formula is C12H21O7P. The smallest absolute Gasteiger partial charge is 0.335 e. The van der Waals surface area contributed by atoms with Gasteiger partial charge in [0.15, 0.2) is 0 Å². The van der Waals surface area contributed by atoms with Crippen molar-refractivity contribution in [3.05, 3.63) is 11.1 Å². The van der Waals surface area contributed by atoms with Crippen molar-refractivity contribution in [2.24, 2.45) is 5.92 Å². The maximum absolute atomic E-state index is 12.3. The van der Waals surface area contributed by atoms with Crippen molar-refractivity contribution in [3.8, 4) is 0 Å². The molecule has 0 atom stereocenters. The van der Waals surface area contributed by atoms with Crippen LogP contribution in [0.15, 0.2) is 11.1 Å². The Morgan fingerprint density at radius 2 is 1.50 bits per heavy atom. The van der Waals surface area contributed by atoms with Gasteiger partial charge in [-0.3, -0.25) is 4.57 Å². The number of carboxylic acid groups (broad SMARTS) is 2. The quantitative estimate of drug-likeness (QED) is 0.497. The number of hydrogen-bond acceptors (Lipinski definition) is 5. The molecule has 0 aromatic rings. The summed E-state index contributed by atoms with van der Waals surface area (Å²) in [5, 5.41) is 18.3. The predicted octanol–water partition coefficient (Wildman–Crippen LogP) is 2.37. The zero-order valence-electron chi connectivity index (χ0n) is 12.1. The standard InChI is InChI=1S/C12H21O7P/c1-5-18-20(17,19-6-2)7-9(11(13)14)10(8(3)4)12(15)16/h8H,5-7H2,1-4H3,(H,13,14)(H,15,16)/b10-9+. The summed E-state index contributed by atoms with van der Waals surface area (Å²) in [6, 6.07) is 0. The summed E-state index contributed by atoms with van der Waals surface area (Å²) in [6.07, 6.45) is -0.566. The van der Waals surface area contributed by atoms with Gasteiger partial charge in [-0.2, -0.15) is 0 Å². The Balaban J connectivity index is 5.71. The number of aliphatic carboxylic acids is 2. The van der Waals surface area contributed by atoms with Gasteiger partial charge in [0.05, 0.1) is 30.5 Å². The van der Waals surface area contributed by atoms with Crippen molar-refractivity contribution in [3.63, 3.8) is 0 Å². The first-order valence-corrected chi connectivity index (χ1v) is 7.99. The minimum Gasteiger partial charge on any atom is -0.478 e. The van der Waals surface area contributed by atoms with E-state index < -0.39 is 37.2 Å². The highest BCUT2D eigenvalue weighted by Gasteiger charge is 2.32. The Morgan fingerprint density at radius 3 is 1.75 bits per heavy atom. The van der Waals surface area contributed by atoms with Gasteiger partial charge in [0.1, 0.15) is 0 Å². The molecule has 20 heavy (non-hydrogen) atoms. The summed E-state index contributed by atoms with van der Waals surface area (Å²) in [5.41, 5.74) is -0.741. The lowest BCUT2D eigenvalue weighted by Gasteiger charge is -2.19. The average Bonchev–Trinajstić information content (AvgIpc) is 2.27. The first kappa shape index (κ1) is 18.8. The topological polar surface area (TPSA) is 110 Å². The molecule has 7 nitrogen and oxygen atoms in total. The van der Waals surface area contributed by atoms with Gasteiger partial charge in [-0.15, -0.1) is 0 Å². The van der Waals surface area contributed by atoms with Gasteiger partial charge in [-0.1, -0.05) is 13.8 Å². The minimum absolute atomic E-state index is 0.0776. The Morgan fingerprint density at radius 1 is 1.05 bits per heavy atom. The van der Waals surface area contributed by atoms with Crippen LogP contribution in [0.2, 0.25) is 0 Å². The van der Waals surface area contributed by atoms with Crippen molar-refractivity contribution in [1.29, 1.82) is 0 Å². The van der Waals surface area contributed by atoms with Gasteiger partial charge in [-0.25, -0.2) is 9.59 Å². The third kappa shape index (κ3) is 5.45. The fraction of sp³-hybridized carbons (Fsp3) is 0.667. The second-order valence-electron chi connectivity index (χ2n) is 4.26. The lowest BCUT2D eigenvalue weighted by atomic mass is 9.98. The second kappa shape index (κ2) is 8.19. The van der Waals surface area contributed by atoms with Crippen LogP contribution in [0.1, 0.15) is 27.7 Å². The molecule has 0 fully saturated rings. The van der Waals surface area contributed by atoms with Crippen molar-refractivity contribution >= 4 is 19.5 Å². The number of rotatable bonds is 9. The normalized spacial score (nSPS) is 13.2. The highest BCUT2D eigenvalue weighted by Crippen LogP contribution is 2.50. The van der Waals surface area contributed by atoms with Gasteiger partial charge < -0.3 is 19.3 Å². The molecule has 0 amide bonds. The monoisotopic (exact) mass is 308 g/mol. The highest BCUT2D eigenvalue weighted by atomic mass is 31.2. The summed E-state index contributed by atoms with van der Waals surface area (Å²) in [5.74, 6) is -3.32. The fourth-order valence-corrected chi connectivity index (χ4v) is 3.44. The van der Waals surface area contributed by atoms with E-state index in [2.05, 4.69) is 0 Å². The average molecular weight is 308 g/mol. The fourth-order valence-electron chi connectivity index (χ4n) is 1.71. The van der Waals surface area contributed by atoms with E-state index in [4.69, 9.17) is 14.2 Å². The van der Waals surface area contributed by atoms with Crippen LogP contribution in [-0.2, 0) is 23.2 Å². The van der Waals surface area contributed by atoms with Crippen LogP contribution < -0.4 is 0 Å². The van der Waals surface area contributed by atoms with E-state index in [1.807, 2.05) is 0 Å². The number of carbonyl (C=O) groups is 2. The summed E-state index contributed by atoms with van der Waals surface area (Å²) < 4.78 is 22.3. The molecule has 0 rings (SSSR count). The van der Waals surface area contributed by atoms with Gasteiger partial charge >= 0.3 is 19.5 Å². The third-order valence-corrected chi connectivity index (χ3v) is 4.40. The van der Waals surface area contributed by atoms with Gasteiger partial charge in [0.25, 0.3) is 0 Å². The molecule has 0 bridgehead atoms. The Bertz CT molecular complexity index is 429. The molecule has 8 heteroatoms. The van der Waals surface area contributed by atoms with Crippen molar-refractivity contribution in [1.82, 2.24) is 0 Å². The zero-order valence-corrected chi connectivity index (χ0v) is 13.0. The van der Waals surface area contributed by atoms with Crippen molar-refractivity contribution < 1.29 is 33.4 Å². The Kier molecular flexibility index (Phi) is 7.71. The lowest BCUT2D eigenvalue weighted by molar-refractivity contribution is -0.136. The first-order valence-electron chi connectivity index (χ1n) is 6.26. The molecule has 0 unspecified atom stereocenters. The second-order valence-corrected chi connectivity index (χ2v) is 6.32. The summed E-state index contributed by atoms with van der Waals surface area (Å²) >= 11 is 0. The van der Waals surface area contributed by atoms with E-state index in [-0.39, 0.29) is 18.8 Å². The maximum atomic E-state index is 12.3. The van der Waals surface area contributed by atoms with Crippen LogP contribution in [0, 0.1) is 5.92 Å². The van der Waals surface area contributed by atoms with Crippen molar-refractivity contribution in [2.45, 2.75) is 27.7 Å². The molecule has 0 radical (unpaired) electrons. The van der Waals surface area contributed by atoms with E-state index in [1.165, 1.54) is 0 Å². The first-order chi connectivity index (χ1) is 9.18. The molecule has 0 spiro atoms. The molecule has 0 saturated heterocycles. The molecule has 0 aromatic carbocycles. The van der Waals surface area contributed by atoms with E-state index in [9.17, 15) is 19.3 Å². The number of hydrogen-bond donors (Lipinski definition) is 2. The third-order valence-electron chi connectivity index (χ3n) is 2.39. The molecule has 0 aliphatic rings. The van der Waals surface area contributed by atoms with Crippen LogP contribution in [0.4, 0.5) is 0 Å². The number of carboxylic acids is 2. The molecule has 0 aliphatic carbocycles. The molecular weight excluding hydrogens is 287 g/mol. The van der Waals surface area contributed by atoms with Gasteiger partial charge in [-0.05, 0) is 19.8 Å². The molecule has 0 aromatic heterocycles. The Labute approximate surface area is 118 Å². The SMILES string of the molecule is CCOP(=O)(C/C(C(=O)O)=C(\C(=O)O)C(C)C)OCC. The minimum atomic E-state index is -3.66. The molecule has 0 aliphatic heterocycles. The molecule has 0 heterocycles. The van der Waals surface area contributed by atoms with Gasteiger partial charge in [0, 0.05) is 0 Å². The lowest BCUT2D eigenvalue weighted by Crippen LogP contribution is -2.19. The largest absolute Gasteiger partial charge is 0.478 e.